The number of carbonyl (C=O) groups is 1. The van der Waals surface area contributed by atoms with E-state index in [4.69, 9.17) is 4.74 Å². The molecule has 0 radical (unpaired) electrons. The third-order valence-electron chi connectivity index (χ3n) is 4.21. The molecule has 1 amide bonds. The molecule has 1 aliphatic carbocycles. The third kappa shape index (κ3) is 2.46. The summed E-state index contributed by atoms with van der Waals surface area (Å²) >= 11 is 0. The zero-order chi connectivity index (χ0) is 12.5. The molecule has 5 heteroatoms. The maximum absolute atomic E-state index is 12.1. The Kier molecular flexibility index (Phi) is 3.70. The summed E-state index contributed by atoms with van der Waals surface area (Å²) in [5, 5.41) is 12.8. The number of rotatable bonds is 4. The van der Waals surface area contributed by atoms with Gasteiger partial charge in [0.1, 0.15) is 0 Å². The molecule has 1 heterocycles. The Morgan fingerprint density at radius 1 is 1.53 bits per heavy atom. The first-order valence-corrected chi connectivity index (χ1v) is 6.27. The van der Waals surface area contributed by atoms with Crippen LogP contribution in [0.4, 0.5) is 0 Å². The predicted molar refractivity (Wildman–Crippen MR) is 63.6 cm³/mol. The Hall–Kier alpha value is -0.650. The second-order valence-electron chi connectivity index (χ2n) is 5.22. The van der Waals surface area contributed by atoms with Crippen LogP contribution in [0.5, 0.6) is 0 Å². The molecule has 1 saturated carbocycles. The van der Waals surface area contributed by atoms with Gasteiger partial charge in [0.25, 0.3) is 0 Å². The number of nitrogens with one attached hydrogen (secondary N) is 1. The van der Waals surface area contributed by atoms with E-state index in [2.05, 4.69) is 5.32 Å². The van der Waals surface area contributed by atoms with Gasteiger partial charge < -0.3 is 20.1 Å². The number of aliphatic hydroxyl groups excluding tert-OH is 1. The van der Waals surface area contributed by atoms with Crippen molar-refractivity contribution in [1.82, 2.24) is 10.2 Å². The summed E-state index contributed by atoms with van der Waals surface area (Å²) in [6, 6.07) is -0.100. The standard InChI is InChI=1S/C12H22N2O3/c1-14(9-7-13-8-10(9)15)11(16)6-12(17-2)4-3-5-12/h9-10,13,15H,3-8H2,1-2H3/t9-,10-/m0/s1. The first-order chi connectivity index (χ1) is 8.08. The minimum atomic E-state index is -0.455. The first kappa shape index (κ1) is 12.8. The van der Waals surface area contributed by atoms with E-state index >= 15 is 0 Å². The average Bonchev–Trinajstić information content (AvgIpc) is 2.68. The molecule has 1 aliphatic heterocycles. The minimum absolute atomic E-state index is 0.0688. The number of hydrogen-bond donors (Lipinski definition) is 2. The number of nitrogens with zero attached hydrogens (tertiary/aromatic N) is 1. The molecular weight excluding hydrogens is 220 g/mol. The van der Waals surface area contributed by atoms with E-state index in [1.807, 2.05) is 0 Å². The summed E-state index contributed by atoms with van der Waals surface area (Å²) < 4.78 is 5.46. The molecule has 0 spiro atoms. The van der Waals surface area contributed by atoms with Crippen LogP contribution in [0, 0.1) is 0 Å². The average molecular weight is 242 g/mol. The van der Waals surface area contributed by atoms with E-state index in [1.165, 1.54) is 0 Å². The molecule has 2 atom stereocenters. The number of likely N-dealkylation sites (N-methyl/N-ethyl adjacent to an activating group) is 1. The van der Waals surface area contributed by atoms with E-state index in [0.717, 1.165) is 19.3 Å². The molecule has 1 saturated heterocycles. The Morgan fingerprint density at radius 3 is 2.65 bits per heavy atom. The first-order valence-electron chi connectivity index (χ1n) is 6.27. The van der Waals surface area contributed by atoms with E-state index in [9.17, 15) is 9.90 Å². The van der Waals surface area contributed by atoms with Crippen LogP contribution >= 0.6 is 0 Å². The lowest BCUT2D eigenvalue weighted by molar-refractivity contribution is -0.146. The van der Waals surface area contributed by atoms with Gasteiger partial charge in [0.2, 0.25) is 5.91 Å². The van der Waals surface area contributed by atoms with Crippen LogP contribution < -0.4 is 5.32 Å². The van der Waals surface area contributed by atoms with Gasteiger partial charge in [-0.05, 0) is 19.3 Å². The number of amides is 1. The van der Waals surface area contributed by atoms with Crippen LogP contribution in [0.3, 0.4) is 0 Å². The molecule has 2 N–H and O–H groups in total. The van der Waals surface area contributed by atoms with Crippen molar-refractivity contribution in [3.8, 4) is 0 Å². The summed E-state index contributed by atoms with van der Waals surface area (Å²) in [5.41, 5.74) is -0.234. The quantitative estimate of drug-likeness (QED) is 0.713. The molecular formula is C12H22N2O3. The highest BCUT2D eigenvalue weighted by Crippen LogP contribution is 2.38. The van der Waals surface area contributed by atoms with Crippen LogP contribution in [-0.2, 0) is 9.53 Å². The maximum atomic E-state index is 12.1. The van der Waals surface area contributed by atoms with Crippen molar-refractivity contribution in [3.05, 3.63) is 0 Å². The fourth-order valence-electron chi connectivity index (χ4n) is 2.66. The van der Waals surface area contributed by atoms with E-state index in [0.29, 0.717) is 19.5 Å². The fraction of sp³-hybridized carbons (Fsp3) is 0.917. The number of ether oxygens (including phenoxy) is 1. The summed E-state index contributed by atoms with van der Waals surface area (Å²) in [7, 11) is 3.45. The predicted octanol–water partition coefficient (Wildman–Crippen LogP) is -0.263. The van der Waals surface area contributed by atoms with Gasteiger partial charge >= 0.3 is 0 Å². The normalized spacial score (nSPS) is 31.0. The Bertz CT molecular complexity index is 286. The number of β-amino-alcohol motifs (C(OH)–C–C–N with tert-alkyl or cyclic N) is 1. The molecule has 17 heavy (non-hydrogen) atoms. The van der Waals surface area contributed by atoms with Gasteiger partial charge in [-0.15, -0.1) is 0 Å². The van der Waals surface area contributed by atoms with Crippen LogP contribution in [0.2, 0.25) is 0 Å². The molecule has 0 aromatic heterocycles. The highest BCUT2D eigenvalue weighted by atomic mass is 16.5. The van der Waals surface area contributed by atoms with Gasteiger partial charge in [0.15, 0.2) is 0 Å². The SMILES string of the molecule is COC1(CC(=O)N(C)[C@H]2CNC[C@@H]2O)CCC1. The second kappa shape index (κ2) is 4.92. The van der Waals surface area contributed by atoms with Crippen molar-refractivity contribution in [3.63, 3.8) is 0 Å². The number of carbonyl (C=O) groups excluding carboxylic acids is 1. The largest absolute Gasteiger partial charge is 0.390 e. The topological polar surface area (TPSA) is 61.8 Å². The van der Waals surface area contributed by atoms with Gasteiger partial charge in [-0.25, -0.2) is 0 Å². The molecule has 2 aliphatic rings. The number of methoxy groups -OCH3 is 1. The molecule has 98 valence electrons. The highest BCUT2D eigenvalue weighted by Gasteiger charge is 2.41. The molecule has 5 nitrogen and oxygen atoms in total. The molecule has 0 bridgehead atoms. The lowest BCUT2D eigenvalue weighted by Gasteiger charge is -2.41. The van der Waals surface area contributed by atoms with Crippen molar-refractivity contribution in [1.29, 1.82) is 0 Å². The van der Waals surface area contributed by atoms with Gasteiger partial charge in [-0.1, -0.05) is 0 Å². The Morgan fingerprint density at radius 2 is 2.24 bits per heavy atom. The van der Waals surface area contributed by atoms with Crippen molar-refractivity contribution in [2.45, 2.75) is 43.4 Å². The summed E-state index contributed by atoms with van der Waals surface area (Å²) in [6.45, 7) is 1.24. The highest BCUT2D eigenvalue weighted by molar-refractivity contribution is 5.77. The minimum Gasteiger partial charge on any atom is -0.390 e. The molecule has 0 aromatic rings. The lowest BCUT2D eigenvalue weighted by Crippen LogP contribution is -2.49. The number of aliphatic hydroxyl groups is 1. The monoisotopic (exact) mass is 242 g/mol. The molecule has 2 fully saturated rings. The summed E-state index contributed by atoms with van der Waals surface area (Å²) in [4.78, 5) is 13.8. The van der Waals surface area contributed by atoms with Crippen molar-refractivity contribution in [2.75, 3.05) is 27.2 Å². The summed E-state index contributed by atoms with van der Waals surface area (Å²) in [5.74, 6) is 0.0688. The van der Waals surface area contributed by atoms with Gasteiger partial charge in [0, 0.05) is 27.2 Å². The van der Waals surface area contributed by atoms with Gasteiger partial charge in [-0.3, -0.25) is 4.79 Å². The van der Waals surface area contributed by atoms with Crippen molar-refractivity contribution in [2.24, 2.45) is 0 Å². The molecule has 2 rings (SSSR count). The van der Waals surface area contributed by atoms with E-state index < -0.39 is 6.10 Å². The lowest BCUT2D eigenvalue weighted by atomic mass is 9.77. The van der Waals surface area contributed by atoms with Crippen LogP contribution in [0.15, 0.2) is 0 Å². The molecule has 0 aromatic carbocycles. The Balaban J connectivity index is 1.90. The third-order valence-corrected chi connectivity index (χ3v) is 4.21. The maximum Gasteiger partial charge on any atom is 0.225 e. The summed E-state index contributed by atoms with van der Waals surface area (Å²) in [6.07, 6.45) is 3.05. The Labute approximate surface area is 102 Å². The van der Waals surface area contributed by atoms with Crippen molar-refractivity contribution < 1.29 is 14.6 Å². The fourth-order valence-corrected chi connectivity index (χ4v) is 2.66. The smallest absolute Gasteiger partial charge is 0.225 e. The van der Waals surface area contributed by atoms with Crippen LogP contribution in [0.25, 0.3) is 0 Å². The van der Waals surface area contributed by atoms with Crippen molar-refractivity contribution >= 4 is 5.91 Å². The zero-order valence-corrected chi connectivity index (χ0v) is 10.6. The zero-order valence-electron chi connectivity index (χ0n) is 10.6. The van der Waals surface area contributed by atoms with E-state index in [1.54, 1.807) is 19.1 Å². The van der Waals surface area contributed by atoms with Gasteiger partial charge in [0.05, 0.1) is 24.2 Å². The van der Waals surface area contributed by atoms with E-state index in [-0.39, 0.29) is 17.6 Å². The van der Waals surface area contributed by atoms with Gasteiger partial charge in [-0.2, -0.15) is 0 Å². The van der Waals surface area contributed by atoms with Crippen LogP contribution in [-0.4, -0.2) is 60.9 Å². The molecule has 0 unspecified atom stereocenters. The second-order valence-corrected chi connectivity index (χ2v) is 5.22. The number of hydrogen-bond acceptors (Lipinski definition) is 4. The van der Waals surface area contributed by atoms with Crippen LogP contribution in [0.1, 0.15) is 25.7 Å².